The number of nitrogens with zero attached hydrogens (tertiary/aromatic N) is 3. The molecule has 0 unspecified atom stereocenters. The van der Waals surface area contributed by atoms with Gasteiger partial charge in [-0.3, -0.25) is 9.20 Å². The topological polar surface area (TPSA) is 98.4 Å². The first-order valence-corrected chi connectivity index (χ1v) is 11.6. The van der Waals surface area contributed by atoms with Gasteiger partial charge in [-0.15, -0.1) is 0 Å². The summed E-state index contributed by atoms with van der Waals surface area (Å²) in [6, 6.07) is 11.4. The smallest absolute Gasteiger partial charge is 0.278 e. The number of hydrogen-bond donors (Lipinski definition) is 1. The van der Waals surface area contributed by atoms with Crippen molar-refractivity contribution < 1.29 is 13.0 Å². The summed E-state index contributed by atoms with van der Waals surface area (Å²) >= 11 is 0. The van der Waals surface area contributed by atoms with E-state index in [9.17, 15) is 13.2 Å². The lowest BCUT2D eigenvalue weighted by atomic mass is 10.2. The van der Waals surface area contributed by atoms with Gasteiger partial charge in [0.2, 0.25) is 21.3 Å². The minimum Gasteiger partial charge on any atom is -0.317 e. The fourth-order valence-electron chi connectivity index (χ4n) is 3.74. The zero-order chi connectivity index (χ0) is 22.5. The van der Waals surface area contributed by atoms with Crippen molar-refractivity contribution >= 4 is 32.3 Å². The van der Waals surface area contributed by atoms with Crippen LogP contribution < -0.4 is 15.9 Å². The third-order valence-corrected chi connectivity index (χ3v) is 7.53. The van der Waals surface area contributed by atoms with E-state index >= 15 is 0 Å². The van der Waals surface area contributed by atoms with Crippen molar-refractivity contribution in [3.05, 3.63) is 70.1 Å². The summed E-state index contributed by atoms with van der Waals surface area (Å²) < 4.78 is 30.1. The van der Waals surface area contributed by atoms with E-state index in [1.807, 2.05) is 33.8 Å². The molecule has 4 rings (SSSR count). The van der Waals surface area contributed by atoms with Gasteiger partial charge in [0.25, 0.3) is 11.2 Å². The molecular formula is C23H25N4O3S+. The molecule has 0 aliphatic carbocycles. The fourth-order valence-corrected chi connectivity index (χ4v) is 5.13. The van der Waals surface area contributed by atoms with Gasteiger partial charge in [0.15, 0.2) is 0 Å². The Labute approximate surface area is 180 Å². The number of aryl methyl sites for hydroxylation is 2. The van der Waals surface area contributed by atoms with E-state index in [-0.39, 0.29) is 32.6 Å². The molecule has 160 valence electrons. The molecule has 0 fully saturated rings. The van der Waals surface area contributed by atoms with Crippen LogP contribution in [-0.2, 0) is 9.84 Å². The first-order valence-electron chi connectivity index (χ1n) is 10.1. The van der Waals surface area contributed by atoms with Gasteiger partial charge in [0.1, 0.15) is 10.3 Å². The molecule has 3 aromatic heterocycles. The van der Waals surface area contributed by atoms with E-state index in [1.54, 1.807) is 41.1 Å². The predicted octanol–water partition coefficient (Wildman–Crippen LogP) is 3.14. The molecule has 0 saturated carbocycles. The van der Waals surface area contributed by atoms with Gasteiger partial charge in [-0.1, -0.05) is 35.7 Å². The Morgan fingerprint density at radius 1 is 1.16 bits per heavy atom. The van der Waals surface area contributed by atoms with Crippen LogP contribution >= 0.6 is 0 Å². The second kappa shape index (κ2) is 7.46. The van der Waals surface area contributed by atoms with E-state index < -0.39 is 9.84 Å². The van der Waals surface area contributed by atoms with Gasteiger partial charge in [0.05, 0.1) is 10.9 Å². The van der Waals surface area contributed by atoms with E-state index in [0.29, 0.717) is 17.7 Å². The molecular weight excluding hydrogens is 412 g/mol. The lowest BCUT2D eigenvalue weighted by Crippen LogP contribution is -2.44. The molecule has 0 aliphatic heterocycles. The van der Waals surface area contributed by atoms with Crippen molar-refractivity contribution in [2.45, 2.75) is 49.9 Å². The van der Waals surface area contributed by atoms with Crippen molar-refractivity contribution in [2.75, 3.05) is 5.73 Å². The average Bonchev–Trinajstić information content (AvgIpc) is 2.74. The standard InChI is InChI=1S/C23H24N4O3S/c1-5-16(4)27-20(24)19(31(29,30)17-10-8-14(2)9-11-17)13-18-22(27)25-21-15(3)7-6-12-26(21)23(18)28/h6-13,16,24H,5H2,1-4H3/p+1/t16-/m1/s1. The zero-order valence-electron chi connectivity index (χ0n) is 18.0. The summed E-state index contributed by atoms with van der Waals surface area (Å²) in [5.74, 6) is 0.0762. The van der Waals surface area contributed by atoms with Crippen molar-refractivity contribution in [1.29, 1.82) is 0 Å². The summed E-state index contributed by atoms with van der Waals surface area (Å²) in [4.78, 5) is 18.1. The number of rotatable bonds is 4. The van der Waals surface area contributed by atoms with Crippen molar-refractivity contribution in [3.8, 4) is 0 Å². The molecule has 1 atom stereocenters. The summed E-state index contributed by atoms with van der Waals surface area (Å²) in [6.45, 7) is 7.67. The van der Waals surface area contributed by atoms with Crippen LogP contribution in [0.5, 0.6) is 0 Å². The molecule has 2 N–H and O–H groups in total. The van der Waals surface area contributed by atoms with Crippen LogP contribution in [0.3, 0.4) is 0 Å². The number of nitrogens with two attached hydrogens (primary N) is 1. The molecule has 7 nitrogen and oxygen atoms in total. The lowest BCUT2D eigenvalue weighted by molar-refractivity contribution is -0.684. The van der Waals surface area contributed by atoms with Crippen LogP contribution in [-0.4, -0.2) is 17.8 Å². The highest BCUT2D eigenvalue weighted by Gasteiger charge is 2.31. The quantitative estimate of drug-likeness (QED) is 0.391. The highest BCUT2D eigenvalue weighted by atomic mass is 32.2. The third kappa shape index (κ3) is 3.27. The summed E-state index contributed by atoms with van der Waals surface area (Å²) in [7, 11) is -3.94. The number of nitrogen functional groups attached to an aromatic ring is 1. The number of fused-ring (bicyclic) bond motifs is 2. The van der Waals surface area contributed by atoms with Crippen LogP contribution in [0.2, 0.25) is 0 Å². The van der Waals surface area contributed by atoms with Crippen LogP contribution in [0, 0.1) is 13.8 Å². The normalized spacial score (nSPS) is 13.0. The first kappa shape index (κ1) is 21.0. The molecule has 8 heteroatoms. The largest absolute Gasteiger partial charge is 0.317 e. The minimum absolute atomic E-state index is 0.0762. The van der Waals surface area contributed by atoms with Gasteiger partial charge >= 0.3 is 0 Å². The van der Waals surface area contributed by atoms with Gasteiger partial charge in [0, 0.05) is 11.8 Å². The lowest BCUT2D eigenvalue weighted by Gasteiger charge is -2.17. The summed E-state index contributed by atoms with van der Waals surface area (Å²) in [6.07, 6.45) is 2.32. The predicted molar refractivity (Wildman–Crippen MR) is 120 cm³/mol. The monoisotopic (exact) mass is 437 g/mol. The summed E-state index contributed by atoms with van der Waals surface area (Å²) in [5.41, 5.74) is 8.80. The Balaban J connectivity index is 2.17. The maximum Gasteiger partial charge on any atom is 0.278 e. The van der Waals surface area contributed by atoms with E-state index in [0.717, 1.165) is 11.1 Å². The number of sulfone groups is 1. The number of hydrogen-bond acceptors (Lipinski definition) is 5. The molecule has 0 saturated heterocycles. The molecule has 4 aromatic rings. The first-order chi connectivity index (χ1) is 14.7. The third-order valence-electron chi connectivity index (χ3n) is 5.73. The van der Waals surface area contributed by atoms with Gasteiger partial charge in [-0.25, -0.2) is 13.0 Å². The summed E-state index contributed by atoms with van der Waals surface area (Å²) in [5, 5.41) is 0.211. The Bertz CT molecular complexity index is 1490. The Kier molecular flexibility index (Phi) is 5.05. The Hall–Kier alpha value is -3.26. The van der Waals surface area contributed by atoms with Crippen molar-refractivity contribution in [1.82, 2.24) is 9.38 Å². The maximum atomic E-state index is 13.5. The SMILES string of the molecule is CC[C@@H](C)[n+]1c(N)c(S(=O)(=O)c2ccc(C)cc2)cc2c(=O)n3cccc(C)c3nc21. The molecule has 0 bridgehead atoms. The average molecular weight is 438 g/mol. The van der Waals surface area contributed by atoms with Crippen LogP contribution in [0.15, 0.2) is 63.2 Å². The fraction of sp³-hybridized carbons (Fsp3) is 0.261. The van der Waals surface area contributed by atoms with Crippen molar-refractivity contribution in [3.63, 3.8) is 0 Å². The van der Waals surface area contributed by atoms with Gasteiger partial charge < -0.3 is 5.73 Å². The Morgan fingerprint density at radius 2 is 1.84 bits per heavy atom. The van der Waals surface area contributed by atoms with Crippen LogP contribution in [0.25, 0.3) is 16.7 Å². The maximum absolute atomic E-state index is 13.5. The highest BCUT2D eigenvalue weighted by Crippen LogP contribution is 2.28. The van der Waals surface area contributed by atoms with Gasteiger partial charge in [-0.2, -0.15) is 0 Å². The van der Waals surface area contributed by atoms with Crippen LogP contribution in [0.4, 0.5) is 5.82 Å². The molecule has 31 heavy (non-hydrogen) atoms. The van der Waals surface area contributed by atoms with E-state index in [4.69, 9.17) is 10.7 Å². The van der Waals surface area contributed by atoms with Crippen molar-refractivity contribution in [2.24, 2.45) is 0 Å². The number of aromatic nitrogens is 3. The second-order valence-corrected chi connectivity index (χ2v) is 9.79. The van der Waals surface area contributed by atoms with Crippen LogP contribution in [0.1, 0.15) is 37.4 Å². The highest BCUT2D eigenvalue weighted by molar-refractivity contribution is 7.91. The second-order valence-electron chi connectivity index (χ2n) is 7.88. The molecule has 0 radical (unpaired) electrons. The number of pyridine rings is 2. The number of benzene rings is 1. The molecule has 0 aliphatic rings. The molecule has 3 heterocycles. The van der Waals surface area contributed by atoms with E-state index in [1.165, 1.54) is 10.5 Å². The minimum atomic E-state index is -3.94. The van der Waals surface area contributed by atoms with Gasteiger partial charge in [-0.05, 0) is 51.5 Å². The number of anilines is 1. The Morgan fingerprint density at radius 3 is 2.48 bits per heavy atom. The zero-order valence-corrected chi connectivity index (χ0v) is 18.8. The molecule has 0 spiro atoms. The molecule has 0 amide bonds. The van der Waals surface area contributed by atoms with E-state index in [2.05, 4.69) is 0 Å². The molecule has 1 aromatic carbocycles.